The number of hydrogen-bond acceptors (Lipinski definition) is 5. The maximum atomic E-state index is 11.5. The van der Waals surface area contributed by atoms with Crippen molar-refractivity contribution < 1.29 is 0 Å². The first kappa shape index (κ1) is 11.1. The molecule has 2 aromatic rings. The van der Waals surface area contributed by atoms with Crippen LogP contribution in [-0.2, 0) is 13.6 Å². The van der Waals surface area contributed by atoms with Gasteiger partial charge in [-0.3, -0.25) is 4.79 Å². The maximum Gasteiger partial charge on any atom is 0.287 e. The van der Waals surface area contributed by atoms with E-state index in [1.54, 1.807) is 12.6 Å². The first-order valence-corrected chi connectivity index (χ1v) is 5.83. The fourth-order valence-corrected chi connectivity index (χ4v) is 1.94. The van der Waals surface area contributed by atoms with Crippen molar-refractivity contribution in [3.63, 3.8) is 0 Å². The molecule has 0 amide bonds. The molecule has 0 unspecified atom stereocenters. The van der Waals surface area contributed by atoms with Gasteiger partial charge in [0.15, 0.2) is 0 Å². The van der Waals surface area contributed by atoms with Crippen LogP contribution in [-0.4, -0.2) is 14.8 Å². The van der Waals surface area contributed by atoms with Crippen LogP contribution in [0.4, 0.5) is 5.69 Å². The monoisotopic (exact) mass is 256 g/mol. The summed E-state index contributed by atoms with van der Waals surface area (Å²) in [4.78, 5) is 15.6. The number of nitrogens with zero attached hydrogens (tertiary/aromatic N) is 3. The lowest BCUT2D eigenvalue weighted by molar-refractivity contribution is 0.708. The van der Waals surface area contributed by atoms with Gasteiger partial charge in [-0.15, -0.1) is 11.3 Å². The van der Waals surface area contributed by atoms with Gasteiger partial charge in [0, 0.05) is 12.4 Å². The van der Waals surface area contributed by atoms with Crippen molar-refractivity contribution in [2.24, 2.45) is 7.05 Å². The van der Waals surface area contributed by atoms with Crippen molar-refractivity contribution in [2.45, 2.75) is 6.54 Å². The summed E-state index contributed by atoms with van der Waals surface area (Å²) >= 11 is 7.40. The van der Waals surface area contributed by atoms with Crippen LogP contribution in [0.5, 0.6) is 0 Å². The molecule has 0 saturated carbocycles. The minimum Gasteiger partial charge on any atom is -0.377 e. The van der Waals surface area contributed by atoms with Crippen LogP contribution in [0.2, 0.25) is 5.02 Å². The molecule has 5 nitrogen and oxygen atoms in total. The summed E-state index contributed by atoms with van der Waals surface area (Å²) < 4.78 is 1.19. The van der Waals surface area contributed by atoms with Gasteiger partial charge < -0.3 is 5.32 Å². The Balaban J connectivity index is 2.16. The number of anilines is 1. The smallest absolute Gasteiger partial charge is 0.287 e. The average Bonchev–Trinajstić information content (AvgIpc) is 2.78. The minimum absolute atomic E-state index is 0.146. The summed E-state index contributed by atoms with van der Waals surface area (Å²) in [5, 5.41) is 8.97. The van der Waals surface area contributed by atoms with Crippen molar-refractivity contribution in [2.75, 3.05) is 5.32 Å². The second kappa shape index (κ2) is 4.63. The molecular weight excluding hydrogens is 248 g/mol. The van der Waals surface area contributed by atoms with Gasteiger partial charge in [-0.25, -0.2) is 9.67 Å². The number of rotatable bonds is 3. The third kappa shape index (κ3) is 2.23. The van der Waals surface area contributed by atoms with E-state index in [0.29, 0.717) is 12.2 Å². The number of aromatic nitrogens is 3. The van der Waals surface area contributed by atoms with Gasteiger partial charge in [-0.05, 0) is 0 Å². The van der Waals surface area contributed by atoms with Crippen LogP contribution in [0.1, 0.15) is 5.69 Å². The molecule has 0 bridgehead atoms. The van der Waals surface area contributed by atoms with Gasteiger partial charge in [-0.2, -0.15) is 5.10 Å². The van der Waals surface area contributed by atoms with Crippen LogP contribution in [0.3, 0.4) is 0 Å². The average molecular weight is 257 g/mol. The Morgan fingerprint density at radius 2 is 2.44 bits per heavy atom. The van der Waals surface area contributed by atoms with Crippen molar-refractivity contribution in [3.8, 4) is 0 Å². The van der Waals surface area contributed by atoms with Gasteiger partial charge in [0.1, 0.15) is 5.02 Å². The van der Waals surface area contributed by atoms with E-state index >= 15 is 0 Å². The SMILES string of the molecule is Cn1ncc(NCc2cscn2)c(Cl)c1=O. The van der Waals surface area contributed by atoms with E-state index in [1.807, 2.05) is 5.38 Å². The second-order valence-corrected chi connectivity index (χ2v) is 4.23. The van der Waals surface area contributed by atoms with Crippen molar-refractivity contribution in [3.05, 3.63) is 38.2 Å². The van der Waals surface area contributed by atoms with Crippen molar-refractivity contribution in [1.82, 2.24) is 14.8 Å². The third-order valence-corrected chi connectivity index (χ3v) is 3.02. The third-order valence-electron chi connectivity index (χ3n) is 2.02. The first-order chi connectivity index (χ1) is 7.68. The van der Waals surface area contributed by atoms with E-state index in [-0.39, 0.29) is 10.6 Å². The quantitative estimate of drug-likeness (QED) is 0.904. The Bertz CT molecular complexity index is 537. The molecule has 7 heteroatoms. The standard InChI is InChI=1S/C9H9ClN4OS/c1-14-9(15)8(10)7(3-13-14)11-2-6-4-16-5-12-6/h3-5,11H,2H2,1H3. The number of halogens is 1. The predicted octanol–water partition coefficient (Wildman–Crippen LogP) is 1.50. The van der Waals surface area contributed by atoms with Gasteiger partial charge in [0.25, 0.3) is 5.56 Å². The number of thiazole rings is 1. The highest BCUT2D eigenvalue weighted by Crippen LogP contribution is 2.15. The Morgan fingerprint density at radius 3 is 3.12 bits per heavy atom. The van der Waals surface area contributed by atoms with E-state index in [1.165, 1.54) is 22.2 Å². The molecular formula is C9H9ClN4OS. The molecule has 16 heavy (non-hydrogen) atoms. The normalized spacial score (nSPS) is 10.4. The summed E-state index contributed by atoms with van der Waals surface area (Å²) in [5.74, 6) is 0. The summed E-state index contributed by atoms with van der Waals surface area (Å²) in [6.45, 7) is 0.526. The zero-order valence-electron chi connectivity index (χ0n) is 8.48. The predicted molar refractivity (Wildman–Crippen MR) is 63.9 cm³/mol. The summed E-state index contributed by atoms with van der Waals surface area (Å²) in [6, 6.07) is 0. The van der Waals surface area contributed by atoms with Crippen LogP contribution < -0.4 is 10.9 Å². The molecule has 84 valence electrons. The molecule has 0 fully saturated rings. The number of hydrogen-bond donors (Lipinski definition) is 1. The summed E-state index contributed by atoms with van der Waals surface area (Å²) in [6.07, 6.45) is 1.52. The van der Waals surface area contributed by atoms with Gasteiger partial charge >= 0.3 is 0 Å². The molecule has 0 aliphatic heterocycles. The molecule has 0 atom stereocenters. The summed E-state index contributed by atoms with van der Waals surface area (Å²) in [5.41, 5.74) is 2.87. The lowest BCUT2D eigenvalue weighted by atomic mass is 10.4. The van der Waals surface area contributed by atoms with E-state index in [2.05, 4.69) is 15.4 Å². The Kier molecular flexibility index (Phi) is 3.21. The highest BCUT2D eigenvalue weighted by atomic mass is 35.5. The molecule has 2 heterocycles. The molecule has 1 N–H and O–H groups in total. The van der Waals surface area contributed by atoms with Crippen molar-refractivity contribution in [1.29, 1.82) is 0 Å². The molecule has 0 spiro atoms. The van der Waals surface area contributed by atoms with Crippen molar-refractivity contribution >= 4 is 28.6 Å². The second-order valence-electron chi connectivity index (χ2n) is 3.13. The molecule has 2 rings (SSSR count). The van der Waals surface area contributed by atoms with Gasteiger partial charge in [0.05, 0.1) is 29.6 Å². The minimum atomic E-state index is -0.315. The molecule has 0 aliphatic rings. The van der Waals surface area contributed by atoms with E-state index in [0.717, 1.165) is 5.69 Å². The van der Waals surface area contributed by atoms with E-state index in [9.17, 15) is 4.79 Å². The van der Waals surface area contributed by atoms with Crippen LogP contribution in [0.15, 0.2) is 21.9 Å². The van der Waals surface area contributed by atoms with Crippen LogP contribution in [0, 0.1) is 0 Å². The lowest BCUT2D eigenvalue weighted by Gasteiger charge is -2.06. The Hall–Kier alpha value is -1.40. The molecule has 0 aromatic carbocycles. The zero-order valence-corrected chi connectivity index (χ0v) is 10.0. The zero-order chi connectivity index (χ0) is 11.5. The number of aryl methyl sites for hydroxylation is 1. The first-order valence-electron chi connectivity index (χ1n) is 4.51. The van der Waals surface area contributed by atoms with Gasteiger partial charge in [-0.1, -0.05) is 11.6 Å². The lowest BCUT2D eigenvalue weighted by Crippen LogP contribution is -2.21. The molecule has 0 saturated heterocycles. The fraction of sp³-hybridized carbons (Fsp3) is 0.222. The molecule has 0 aliphatic carbocycles. The number of nitrogens with one attached hydrogen (secondary N) is 1. The summed E-state index contributed by atoms with van der Waals surface area (Å²) in [7, 11) is 1.55. The highest BCUT2D eigenvalue weighted by molar-refractivity contribution is 7.07. The Labute approximate surface area is 101 Å². The topological polar surface area (TPSA) is 59.8 Å². The Morgan fingerprint density at radius 1 is 1.62 bits per heavy atom. The maximum absolute atomic E-state index is 11.5. The van der Waals surface area contributed by atoms with Crippen LogP contribution in [0.25, 0.3) is 0 Å². The van der Waals surface area contributed by atoms with E-state index in [4.69, 9.17) is 11.6 Å². The van der Waals surface area contributed by atoms with Crippen LogP contribution >= 0.6 is 22.9 Å². The molecule has 0 radical (unpaired) electrons. The highest BCUT2D eigenvalue weighted by Gasteiger charge is 2.06. The molecule has 2 aromatic heterocycles. The van der Waals surface area contributed by atoms with E-state index < -0.39 is 0 Å². The van der Waals surface area contributed by atoms with Gasteiger partial charge in [0.2, 0.25) is 0 Å². The fourth-order valence-electron chi connectivity index (χ4n) is 1.14. The largest absolute Gasteiger partial charge is 0.377 e.